The van der Waals surface area contributed by atoms with Gasteiger partial charge in [0.1, 0.15) is 0 Å². The van der Waals surface area contributed by atoms with Gasteiger partial charge in [-0.15, -0.1) is 22.7 Å². The lowest BCUT2D eigenvalue weighted by molar-refractivity contribution is 1.06. The summed E-state index contributed by atoms with van der Waals surface area (Å²) < 4.78 is 1.13. The molecule has 4 nitrogen and oxygen atoms in total. The Labute approximate surface area is 119 Å². The van der Waals surface area contributed by atoms with Crippen LogP contribution in [-0.4, -0.2) is 9.97 Å². The Hall–Kier alpha value is -1.66. The highest BCUT2D eigenvalue weighted by Crippen LogP contribution is 2.30. The van der Waals surface area contributed by atoms with Crippen molar-refractivity contribution >= 4 is 44.3 Å². The van der Waals surface area contributed by atoms with Crippen LogP contribution in [0.3, 0.4) is 0 Å². The summed E-state index contributed by atoms with van der Waals surface area (Å²) >= 11 is 3.32. The van der Waals surface area contributed by atoms with Gasteiger partial charge >= 0.3 is 0 Å². The SMILES string of the molecule is Cc1nc(CNc2cc3nc(C)sc3cc2N)cs1. The summed E-state index contributed by atoms with van der Waals surface area (Å²) in [5.41, 5.74) is 9.77. The molecule has 0 saturated carbocycles. The molecule has 0 spiro atoms. The Morgan fingerprint density at radius 3 is 2.79 bits per heavy atom. The van der Waals surface area contributed by atoms with Crippen LogP contribution in [0, 0.1) is 13.8 Å². The van der Waals surface area contributed by atoms with Crippen LogP contribution >= 0.6 is 22.7 Å². The van der Waals surface area contributed by atoms with Crippen LogP contribution in [0.1, 0.15) is 15.7 Å². The highest BCUT2D eigenvalue weighted by atomic mass is 32.1. The maximum atomic E-state index is 6.06. The fourth-order valence-electron chi connectivity index (χ4n) is 1.93. The van der Waals surface area contributed by atoms with Crippen molar-refractivity contribution in [1.29, 1.82) is 0 Å². The Balaban J connectivity index is 1.85. The second-order valence-corrected chi connectivity index (χ2v) is 6.65. The molecule has 0 aliphatic carbocycles. The average molecular weight is 290 g/mol. The topological polar surface area (TPSA) is 63.8 Å². The average Bonchev–Trinajstić information content (AvgIpc) is 2.91. The monoisotopic (exact) mass is 290 g/mol. The van der Waals surface area contributed by atoms with Crippen molar-refractivity contribution in [3.05, 3.63) is 33.2 Å². The van der Waals surface area contributed by atoms with E-state index in [4.69, 9.17) is 5.73 Å². The zero-order chi connectivity index (χ0) is 13.4. The van der Waals surface area contributed by atoms with Crippen LogP contribution in [0.15, 0.2) is 17.5 Å². The number of fused-ring (bicyclic) bond motifs is 1. The summed E-state index contributed by atoms with van der Waals surface area (Å²) in [5, 5.41) is 7.52. The molecule has 3 N–H and O–H groups in total. The van der Waals surface area contributed by atoms with E-state index >= 15 is 0 Å². The largest absolute Gasteiger partial charge is 0.397 e. The lowest BCUT2D eigenvalue weighted by atomic mass is 10.2. The molecule has 0 bridgehead atoms. The van der Waals surface area contributed by atoms with Crippen molar-refractivity contribution in [3.63, 3.8) is 0 Å². The van der Waals surface area contributed by atoms with Gasteiger partial charge in [-0.2, -0.15) is 0 Å². The molecule has 0 atom stereocenters. The zero-order valence-electron chi connectivity index (χ0n) is 10.7. The maximum Gasteiger partial charge on any atom is 0.0907 e. The molecular formula is C13H14N4S2. The third-order valence-corrected chi connectivity index (χ3v) is 4.55. The van der Waals surface area contributed by atoms with Crippen molar-refractivity contribution in [1.82, 2.24) is 9.97 Å². The van der Waals surface area contributed by atoms with E-state index in [0.717, 1.165) is 37.3 Å². The number of aryl methyl sites for hydroxylation is 2. The van der Waals surface area contributed by atoms with Gasteiger partial charge in [-0.1, -0.05) is 0 Å². The van der Waals surface area contributed by atoms with Crippen molar-refractivity contribution < 1.29 is 0 Å². The smallest absolute Gasteiger partial charge is 0.0907 e. The number of aromatic nitrogens is 2. The molecule has 2 aromatic heterocycles. The molecule has 3 rings (SSSR count). The highest BCUT2D eigenvalue weighted by Gasteiger charge is 2.06. The first kappa shape index (κ1) is 12.4. The van der Waals surface area contributed by atoms with E-state index in [0.29, 0.717) is 6.54 Å². The minimum atomic E-state index is 0.684. The summed E-state index contributed by atoms with van der Waals surface area (Å²) in [6.07, 6.45) is 0. The number of benzene rings is 1. The Morgan fingerprint density at radius 2 is 2.05 bits per heavy atom. The third-order valence-electron chi connectivity index (χ3n) is 2.79. The molecule has 0 radical (unpaired) electrons. The Morgan fingerprint density at radius 1 is 1.21 bits per heavy atom. The molecule has 98 valence electrons. The molecule has 0 saturated heterocycles. The molecule has 3 aromatic rings. The van der Waals surface area contributed by atoms with E-state index in [9.17, 15) is 0 Å². The second-order valence-electron chi connectivity index (χ2n) is 4.35. The molecule has 2 heterocycles. The first-order valence-corrected chi connectivity index (χ1v) is 7.63. The molecule has 19 heavy (non-hydrogen) atoms. The first-order valence-electron chi connectivity index (χ1n) is 5.93. The van der Waals surface area contributed by atoms with Gasteiger partial charge in [0.15, 0.2) is 0 Å². The summed E-state index contributed by atoms with van der Waals surface area (Å²) in [6.45, 7) is 4.70. The van der Waals surface area contributed by atoms with Crippen molar-refractivity contribution in [2.45, 2.75) is 20.4 Å². The predicted molar refractivity (Wildman–Crippen MR) is 82.9 cm³/mol. The minimum Gasteiger partial charge on any atom is -0.397 e. The number of thiazole rings is 2. The van der Waals surface area contributed by atoms with Gasteiger partial charge in [0.2, 0.25) is 0 Å². The minimum absolute atomic E-state index is 0.684. The Bertz CT molecular complexity index is 729. The first-order chi connectivity index (χ1) is 9.11. The van der Waals surface area contributed by atoms with Crippen LogP contribution in [0.5, 0.6) is 0 Å². The summed E-state index contributed by atoms with van der Waals surface area (Å²) in [6, 6.07) is 3.99. The van der Waals surface area contributed by atoms with E-state index in [1.54, 1.807) is 22.7 Å². The number of rotatable bonds is 3. The fraction of sp³-hybridized carbons (Fsp3) is 0.231. The van der Waals surface area contributed by atoms with Gasteiger partial charge in [-0.05, 0) is 26.0 Å². The number of anilines is 2. The summed E-state index contributed by atoms with van der Waals surface area (Å²) in [5.74, 6) is 0. The van der Waals surface area contributed by atoms with E-state index < -0.39 is 0 Å². The van der Waals surface area contributed by atoms with Gasteiger partial charge in [0, 0.05) is 5.38 Å². The number of nitrogen functional groups attached to an aromatic ring is 1. The number of nitrogens with two attached hydrogens (primary N) is 1. The van der Waals surface area contributed by atoms with E-state index in [-0.39, 0.29) is 0 Å². The van der Waals surface area contributed by atoms with Crippen LogP contribution in [0.2, 0.25) is 0 Å². The normalized spacial score (nSPS) is 11.1. The number of hydrogen-bond acceptors (Lipinski definition) is 6. The van der Waals surface area contributed by atoms with Crippen LogP contribution in [0.25, 0.3) is 10.2 Å². The van der Waals surface area contributed by atoms with E-state index in [2.05, 4.69) is 20.7 Å². The number of hydrogen-bond donors (Lipinski definition) is 2. The van der Waals surface area contributed by atoms with Crippen LogP contribution in [-0.2, 0) is 6.54 Å². The third kappa shape index (κ3) is 2.54. The van der Waals surface area contributed by atoms with Gasteiger partial charge in [-0.25, -0.2) is 9.97 Å². The zero-order valence-corrected chi connectivity index (χ0v) is 12.4. The molecule has 0 aliphatic heterocycles. The van der Waals surface area contributed by atoms with Crippen molar-refractivity contribution in [2.24, 2.45) is 0 Å². The molecule has 0 amide bonds. The number of nitrogens with one attached hydrogen (secondary N) is 1. The fourth-order valence-corrected chi connectivity index (χ4v) is 3.40. The molecule has 0 unspecified atom stereocenters. The molecule has 1 aromatic carbocycles. The quantitative estimate of drug-likeness (QED) is 0.724. The standard InChI is InChI=1S/C13H14N4S2/c1-7-16-9(6-18-7)5-15-11-4-12-13(3-10(11)14)19-8(2)17-12/h3-4,6,15H,5,14H2,1-2H3. The summed E-state index contributed by atoms with van der Waals surface area (Å²) in [4.78, 5) is 8.91. The number of nitrogens with zero attached hydrogens (tertiary/aromatic N) is 2. The maximum absolute atomic E-state index is 6.06. The Kier molecular flexibility index (Phi) is 3.12. The van der Waals surface area contributed by atoms with Gasteiger partial charge in [0.05, 0.1) is 43.8 Å². The summed E-state index contributed by atoms with van der Waals surface area (Å²) in [7, 11) is 0. The molecule has 0 fully saturated rings. The lowest BCUT2D eigenvalue weighted by Crippen LogP contribution is -2.02. The second kappa shape index (κ2) is 4.79. The van der Waals surface area contributed by atoms with Gasteiger partial charge < -0.3 is 11.1 Å². The molecule has 0 aliphatic rings. The lowest BCUT2D eigenvalue weighted by Gasteiger charge is -2.07. The van der Waals surface area contributed by atoms with Crippen LogP contribution < -0.4 is 11.1 Å². The van der Waals surface area contributed by atoms with Crippen molar-refractivity contribution in [3.8, 4) is 0 Å². The predicted octanol–water partition coefficient (Wildman–Crippen LogP) is 3.56. The van der Waals surface area contributed by atoms with E-state index in [1.165, 1.54) is 0 Å². The van der Waals surface area contributed by atoms with Crippen molar-refractivity contribution in [2.75, 3.05) is 11.1 Å². The molecular weight excluding hydrogens is 276 g/mol. The van der Waals surface area contributed by atoms with E-state index in [1.807, 2.05) is 26.0 Å². The highest BCUT2D eigenvalue weighted by molar-refractivity contribution is 7.18. The molecule has 6 heteroatoms. The van der Waals surface area contributed by atoms with Crippen LogP contribution in [0.4, 0.5) is 11.4 Å². The van der Waals surface area contributed by atoms with Gasteiger partial charge in [-0.3, -0.25) is 0 Å². The van der Waals surface area contributed by atoms with Gasteiger partial charge in [0.25, 0.3) is 0 Å².